The van der Waals surface area contributed by atoms with Crippen LogP contribution in [0.3, 0.4) is 0 Å². The molecule has 0 bridgehead atoms. The molecule has 246 valence electrons. The van der Waals surface area contributed by atoms with Crippen LogP contribution in [0.4, 0.5) is 0 Å². The lowest BCUT2D eigenvalue weighted by atomic mass is 9.63. The first-order valence-corrected chi connectivity index (χ1v) is 16.2. The Bertz CT molecular complexity index is 1380. The molecule has 0 amide bonds. The number of hydrogen-bond donors (Lipinski definition) is 4. The Balaban J connectivity index is 1.56. The van der Waals surface area contributed by atoms with Crippen molar-refractivity contribution in [1.82, 2.24) is 0 Å². The molecule has 0 aromatic carbocycles. The number of aliphatic hydroxyl groups is 4. The minimum absolute atomic E-state index is 0.0645. The van der Waals surface area contributed by atoms with E-state index in [1.54, 1.807) is 6.92 Å². The van der Waals surface area contributed by atoms with E-state index in [2.05, 4.69) is 32.6 Å². The van der Waals surface area contributed by atoms with Crippen LogP contribution in [-0.2, 0) is 4.74 Å². The van der Waals surface area contributed by atoms with Crippen LogP contribution in [0.1, 0.15) is 88.0 Å². The van der Waals surface area contributed by atoms with Crippen molar-refractivity contribution in [2.45, 2.75) is 117 Å². The molecule has 0 aromatic rings. The van der Waals surface area contributed by atoms with E-state index < -0.39 is 17.3 Å². The van der Waals surface area contributed by atoms with Gasteiger partial charge < -0.3 is 25.2 Å². The summed E-state index contributed by atoms with van der Waals surface area (Å²) in [6, 6.07) is 0. The highest BCUT2D eigenvalue weighted by Crippen LogP contribution is 2.66. The fourth-order valence-corrected chi connectivity index (χ4v) is 7.30. The van der Waals surface area contributed by atoms with Crippen molar-refractivity contribution in [1.29, 1.82) is 0 Å². The molecule has 2 aliphatic carbocycles. The van der Waals surface area contributed by atoms with Crippen molar-refractivity contribution in [2.24, 2.45) is 10.8 Å². The van der Waals surface area contributed by atoms with Crippen LogP contribution < -0.4 is 0 Å². The zero-order valence-electron chi connectivity index (χ0n) is 28.9. The van der Waals surface area contributed by atoms with Gasteiger partial charge in [0, 0.05) is 23.8 Å². The van der Waals surface area contributed by atoms with Gasteiger partial charge in [-0.25, -0.2) is 0 Å². The van der Waals surface area contributed by atoms with E-state index in [4.69, 9.17) is 4.74 Å². The van der Waals surface area contributed by atoms with Crippen molar-refractivity contribution in [3.8, 4) is 0 Å². The topological polar surface area (TPSA) is 93.5 Å². The molecule has 2 saturated carbocycles. The molecule has 3 rings (SSSR count). The van der Waals surface area contributed by atoms with E-state index in [9.17, 15) is 20.4 Å². The Morgan fingerprint density at radius 3 is 1.87 bits per heavy atom. The lowest BCUT2D eigenvalue weighted by Crippen LogP contribution is -2.46. The van der Waals surface area contributed by atoms with E-state index in [0.717, 1.165) is 27.9 Å². The first-order chi connectivity index (χ1) is 20.9. The molecular formula is C40H56O5. The number of rotatable bonds is 10. The third-order valence-corrected chi connectivity index (χ3v) is 9.48. The minimum atomic E-state index is -1.06. The number of hydrogen-bond acceptors (Lipinski definition) is 5. The van der Waals surface area contributed by atoms with E-state index >= 15 is 0 Å². The first kappa shape index (κ1) is 36.7. The maximum absolute atomic E-state index is 10.9. The Morgan fingerprint density at radius 1 is 0.756 bits per heavy atom. The van der Waals surface area contributed by atoms with E-state index in [-0.39, 0.29) is 29.1 Å². The monoisotopic (exact) mass is 616 g/mol. The molecule has 5 unspecified atom stereocenters. The fraction of sp³-hybridized carbons (Fsp3) is 0.525. The average Bonchev–Trinajstić information content (AvgIpc) is 3.52. The lowest BCUT2D eigenvalue weighted by Gasteiger charge is -2.43. The van der Waals surface area contributed by atoms with Gasteiger partial charge in [-0.15, -0.1) is 5.73 Å². The predicted molar refractivity (Wildman–Crippen MR) is 185 cm³/mol. The van der Waals surface area contributed by atoms with E-state index in [1.807, 2.05) is 108 Å². The van der Waals surface area contributed by atoms with Crippen molar-refractivity contribution in [3.05, 3.63) is 113 Å². The second kappa shape index (κ2) is 14.3. The second-order valence-electron chi connectivity index (χ2n) is 15.0. The molecule has 0 spiro atoms. The van der Waals surface area contributed by atoms with Crippen LogP contribution in [0.5, 0.6) is 0 Å². The Kier molecular flexibility index (Phi) is 11.7. The SMILES string of the molecule is C\C(C=C=C1C(C)(C)CC(O)CC1(C)O)=C/C=C/C(C)=C/C=C/C=C(C)/C=C/C=C(/C=C/C12OC1(C)CC(O)CC2(C)C)CO. The molecule has 0 radical (unpaired) electrons. The second-order valence-corrected chi connectivity index (χ2v) is 15.0. The summed E-state index contributed by atoms with van der Waals surface area (Å²) in [4.78, 5) is 0. The van der Waals surface area contributed by atoms with E-state index in [1.165, 1.54) is 0 Å². The summed E-state index contributed by atoms with van der Waals surface area (Å²) in [5, 5.41) is 41.1. The average molecular weight is 617 g/mol. The van der Waals surface area contributed by atoms with Crippen molar-refractivity contribution < 1.29 is 25.2 Å². The largest absolute Gasteiger partial charge is 0.393 e. The summed E-state index contributed by atoms with van der Waals surface area (Å²) in [7, 11) is 0. The quantitative estimate of drug-likeness (QED) is 0.115. The highest BCUT2D eigenvalue weighted by atomic mass is 16.6. The van der Waals surface area contributed by atoms with Gasteiger partial charge in [-0.3, -0.25) is 0 Å². The molecule has 1 aliphatic heterocycles. The van der Waals surface area contributed by atoms with E-state index in [0.29, 0.717) is 25.7 Å². The molecule has 3 aliphatic rings. The van der Waals surface area contributed by atoms with Gasteiger partial charge >= 0.3 is 0 Å². The van der Waals surface area contributed by atoms with Crippen molar-refractivity contribution in [2.75, 3.05) is 6.61 Å². The van der Waals surface area contributed by atoms with Crippen LogP contribution in [0.2, 0.25) is 0 Å². The first-order valence-electron chi connectivity index (χ1n) is 16.2. The Morgan fingerprint density at radius 2 is 1.31 bits per heavy atom. The summed E-state index contributed by atoms with van der Waals surface area (Å²) < 4.78 is 6.20. The minimum Gasteiger partial charge on any atom is -0.393 e. The molecule has 1 heterocycles. The molecule has 1 saturated heterocycles. The number of ether oxygens (including phenoxy) is 1. The molecule has 5 atom stereocenters. The van der Waals surface area contributed by atoms with Gasteiger partial charge in [0.2, 0.25) is 0 Å². The Labute approximate surface area is 271 Å². The molecule has 45 heavy (non-hydrogen) atoms. The predicted octanol–water partition coefficient (Wildman–Crippen LogP) is 7.69. The zero-order chi connectivity index (χ0) is 33.7. The molecule has 3 fully saturated rings. The van der Waals surface area contributed by atoms with Gasteiger partial charge in [0.25, 0.3) is 0 Å². The maximum Gasteiger partial charge on any atom is 0.121 e. The lowest BCUT2D eigenvalue weighted by molar-refractivity contribution is -0.0268. The molecular weight excluding hydrogens is 560 g/mol. The van der Waals surface area contributed by atoms with Gasteiger partial charge in [-0.05, 0) is 76.2 Å². The summed E-state index contributed by atoms with van der Waals surface area (Å²) in [5.74, 6) is 0. The number of allylic oxidation sites excluding steroid dienone is 13. The highest BCUT2D eigenvalue weighted by molar-refractivity contribution is 5.38. The van der Waals surface area contributed by atoms with Crippen LogP contribution in [0.25, 0.3) is 0 Å². The van der Waals surface area contributed by atoms with Gasteiger partial charge in [0.1, 0.15) is 11.2 Å². The Hall–Kier alpha value is -2.76. The van der Waals surface area contributed by atoms with Crippen molar-refractivity contribution >= 4 is 0 Å². The van der Waals surface area contributed by atoms with Gasteiger partial charge in [0.05, 0.1) is 24.4 Å². The summed E-state index contributed by atoms with van der Waals surface area (Å²) in [6.45, 7) is 18.2. The molecule has 5 heteroatoms. The third-order valence-electron chi connectivity index (χ3n) is 9.48. The maximum atomic E-state index is 10.9. The molecule has 4 N–H and O–H groups in total. The number of fused-ring (bicyclic) bond motifs is 1. The van der Waals surface area contributed by atoms with Gasteiger partial charge in [-0.2, -0.15) is 0 Å². The van der Waals surface area contributed by atoms with Crippen LogP contribution in [0.15, 0.2) is 113 Å². The normalized spacial score (nSPS) is 34.2. The van der Waals surface area contributed by atoms with Crippen molar-refractivity contribution in [3.63, 3.8) is 0 Å². The van der Waals surface area contributed by atoms with Crippen LogP contribution in [-0.4, -0.2) is 56.0 Å². The van der Waals surface area contributed by atoms with Gasteiger partial charge in [0.15, 0.2) is 0 Å². The molecule has 5 nitrogen and oxygen atoms in total. The standard InChI is InChI=1S/C40H56O5/c1-29(16-12-17-31(3)20-21-35-36(4,5)24-33(42)26-38(35,8)44)14-10-11-15-30(2)18-13-19-32(28-41)22-23-40-37(6,7)25-34(43)27-39(40,9)45-40/h10-20,22-23,33-34,41-44H,24-28H2,1-9H3/b11-10+,16-12+,18-13+,23-22+,29-14+,30-15+,31-17+,32-19-. The highest BCUT2D eigenvalue weighted by Gasteiger charge is 2.74. The number of epoxide rings is 1. The fourth-order valence-electron chi connectivity index (χ4n) is 7.30. The summed E-state index contributed by atoms with van der Waals surface area (Å²) in [5.41, 5.74) is 5.84. The smallest absolute Gasteiger partial charge is 0.121 e. The zero-order valence-corrected chi connectivity index (χ0v) is 28.9. The summed E-state index contributed by atoms with van der Waals surface area (Å²) in [6.07, 6.45) is 27.4. The molecule has 0 aromatic heterocycles. The third kappa shape index (κ3) is 9.16. The number of aliphatic hydroxyl groups excluding tert-OH is 3. The van der Waals surface area contributed by atoms with Crippen LogP contribution >= 0.6 is 0 Å². The van der Waals surface area contributed by atoms with Gasteiger partial charge in [-0.1, -0.05) is 106 Å². The summed E-state index contributed by atoms with van der Waals surface area (Å²) >= 11 is 0. The van der Waals surface area contributed by atoms with Crippen LogP contribution in [0, 0.1) is 10.8 Å².